The summed E-state index contributed by atoms with van der Waals surface area (Å²) in [6.45, 7) is 0. The Hall–Kier alpha value is -2.33. The van der Waals surface area contributed by atoms with Crippen LogP contribution in [0.4, 0.5) is 5.69 Å². The number of halogens is 4. The van der Waals surface area contributed by atoms with E-state index in [-0.39, 0.29) is 11.3 Å². The fourth-order valence-corrected chi connectivity index (χ4v) is 4.58. The number of fused-ring (bicyclic) bond motifs is 1. The van der Waals surface area contributed by atoms with E-state index in [0.717, 1.165) is 4.90 Å². The first-order valence-electron chi connectivity index (χ1n) is 9.53. The summed E-state index contributed by atoms with van der Waals surface area (Å²) in [5.41, 5.74) is 1.03. The van der Waals surface area contributed by atoms with Crippen LogP contribution in [0.15, 0.2) is 60.7 Å². The van der Waals surface area contributed by atoms with Crippen LogP contribution < -0.4 is 5.32 Å². The van der Waals surface area contributed by atoms with Crippen LogP contribution >= 0.6 is 57.4 Å². The number of rotatable bonds is 4. The molecule has 3 aromatic rings. The number of hydrogen-bond donors (Lipinski definition) is 2. The Morgan fingerprint density at radius 1 is 0.970 bits per heavy atom. The Morgan fingerprint density at radius 2 is 1.55 bits per heavy atom. The highest BCUT2D eigenvalue weighted by Crippen LogP contribution is 2.39. The van der Waals surface area contributed by atoms with Gasteiger partial charge in [0.25, 0.3) is 11.8 Å². The van der Waals surface area contributed by atoms with Gasteiger partial charge in [-0.2, -0.15) is 0 Å². The van der Waals surface area contributed by atoms with Gasteiger partial charge in [0, 0.05) is 13.6 Å². The number of carbonyl (C=O) groups excluding carboxylic acids is 2. The zero-order valence-corrected chi connectivity index (χ0v) is 21.0. The highest BCUT2D eigenvalue weighted by atomic mass is 127. The van der Waals surface area contributed by atoms with Crippen molar-refractivity contribution in [1.29, 1.82) is 0 Å². The first-order chi connectivity index (χ1) is 15.7. The van der Waals surface area contributed by atoms with Crippen LogP contribution in [-0.2, 0) is 9.59 Å². The fourth-order valence-electron chi connectivity index (χ4n) is 3.70. The molecule has 0 aromatic heterocycles. The molecular weight excluding hydrogens is 602 g/mol. The lowest BCUT2D eigenvalue weighted by atomic mass is 9.98. The van der Waals surface area contributed by atoms with Crippen LogP contribution in [0, 0.1) is 3.57 Å². The van der Waals surface area contributed by atoms with Crippen LogP contribution in [0.25, 0.3) is 0 Å². The highest BCUT2D eigenvalue weighted by Gasteiger charge is 2.44. The summed E-state index contributed by atoms with van der Waals surface area (Å²) in [7, 11) is 0. The van der Waals surface area contributed by atoms with Gasteiger partial charge in [0.2, 0.25) is 0 Å². The molecule has 0 unspecified atom stereocenters. The summed E-state index contributed by atoms with van der Waals surface area (Å²) < 4.78 is 0.582. The van der Waals surface area contributed by atoms with Crippen LogP contribution in [-0.4, -0.2) is 27.8 Å². The number of carboxylic acids is 1. The molecule has 6 nitrogen and oxygen atoms in total. The van der Waals surface area contributed by atoms with Gasteiger partial charge in [0.15, 0.2) is 6.04 Å². The topological polar surface area (TPSA) is 86.7 Å². The largest absolute Gasteiger partial charge is 0.479 e. The summed E-state index contributed by atoms with van der Waals surface area (Å²) in [5, 5.41) is 14.1. The number of aliphatic carboxylic acids is 1. The van der Waals surface area contributed by atoms with Crippen LogP contribution in [0.2, 0.25) is 15.1 Å². The summed E-state index contributed by atoms with van der Waals surface area (Å²) in [6.07, 6.45) is 0. The van der Waals surface area contributed by atoms with Crippen molar-refractivity contribution in [2.75, 3.05) is 5.32 Å². The van der Waals surface area contributed by atoms with Gasteiger partial charge in [-0.05, 0) is 70.1 Å². The van der Waals surface area contributed by atoms with Gasteiger partial charge in [-0.3, -0.25) is 9.59 Å². The average molecular weight is 616 g/mol. The molecular formula is C23H14Cl3IN2O4. The Kier molecular flexibility index (Phi) is 6.86. The molecule has 0 saturated heterocycles. The maximum Gasteiger partial charge on any atom is 0.331 e. The van der Waals surface area contributed by atoms with E-state index in [9.17, 15) is 19.5 Å². The summed E-state index contributed by atoms with van der Waals surface area (Å²) in [6, 6.07) is 12.7. The molecule has 0 radical (unpaired) electrons. The number of nitrogens with zero attached hydrogens (tertiary/aromatic N) is 1. The minimum Gasteiger partial charge on any atom is -0.479 e. The number of hydrogen-bond acceptors (Lipinski definition) is 3. The lowest BCUT2D eigenvalue weighted by Gasteiger charge is -2.34. The maximum atomic E-state index is 13.9. The number of carboxylic acid groups (broad SMARTS) is 1. The molecule has 0 spiro atoms. The molecule has 2 atom stereocenters. The van der Waals surface area contributed by atoms with Crippen molar-refractivity contribution < 1.29 is 19.5 Å². The Bertz CT molecular complexity index is 1270. The molecule has 0 bridgehead atoms. The fraction of sp³-hybridized carbons (Fsp3) is 0.0870. The number of carbonyl (C=O) groups is 3. The molecule has 1 aliphatic rings. The zero-order chi connectivity index (χ0) is 23.9. The van der Waals surface area contributed by atoms with E-state index in [1.54, 1.807) is 24.3 Å². The third-order valence-corrected chi connectivity index (χ3v) is 7.22. The minimum absolute atomic E-state index is 0.133. The second-order valence-corrected chi connectivity index (χ2v) is 9.70. The number of nitrogens with one attached hydrogen (secondary N) is 1. The first kappa shape index (κ1) is 23.8. The van der Waals surface area contributed by atoms with Crippen molar-refractivity contribution in [3.8, 4) is 0 Å². The smallest absolute Gasteiger partial charge is 0.331 e. The predicted molar refractivity (Wildman–Crippen MR) is 135 cm³/mol. The van der Waals surface area contributed by atoms with E-state index < -0.39 is 29.9 Å². The number of benzene rings is 3. The van der Waals surface area contributed by atoms with E-state index in [2.05, 4.69) is 5.32 Å². The number of anilines is 1. The summed E-state index contributed by atoms with van der Waals surface area (Å²) in [5.74, 6) is -2.52. The molecule has 0 saturated carbocycles. The van der Waals surface area contributed by atoms with Crippen molar-refractivity contribution >= 4 is 80.9 Å². The molecule has 2 amide bonds. The van der Waals surface area contributed by atoms with Crippen molar-refractivity contribution in [3.63, 3.8) is 0 Å². The molecule has 1 aliphatic heterocycles. The van der Waals surface area contributed by atoms with Crippen LogP contribution in [0.5, 0.6) is 0 Å². The van der Waals surface area contributed by atoms with Crippen molar-refractivity contribution in [3.05, 3.63) is 96.0 Å². The van der Waals surface area contributed by atoms with Gasteiger partial charge in [-0.15, -0.1) is 0 Å². The highest BCUT2D eigenvalue weighted by molar-refractivity contribution is 14.1. The Balaban J connectivity index is 1.97. The Morgan fingerprint density at radius 3 is 2.12 bits per heavy atom. The summed E-state index contributed by atoms with van der Waals surface area (Å²) >= 11 is 20.2. The van der Waals surface area contributed by atoms with E-state index in [1.807, 2.05) is 22.6 Å². The van der Waals surface area contributed by atoms with Gasteiger partial charge < -0.3 is 15.3 Å². The van der Waals surface area contributed by atoms with E-state index >= 15 is 0 Å². The van der Waals surface area contributed by atoms with Crippen molar-refractivity contribution in [1.82, 2.24) is 4.90 Å². The minimum atomic E-state index is -1.47. The van der Waals surface area contributed by atoms with Crippen LogP contribution in [0.1, 0.15) is 33.6 Å². The van der Waals surface area contributed by atoms with Crippen molar-refractivity contribution in [2.24, 2.45) is 0 Å². The van der Waals surface area contributed by atoms with E-state index in [1.165, 1.54) is 36.4 Å². The predicted octanol–water partition coefficient (Wildman–Crippen LogP) is 6.21. The molecule has 33 heavy (non-hydrogen) atoms. The third-order valence-electron chi connectivity index (χ3n) is 5.19. The first-order valence-corrected chi connectivity index (χ1v) is 11.7. The molecule has 4 rings (SSSR count). The monoisotopic (exact) mass is 614 g/mol. The summed E-state index contributed by atoms with van der Waals surface area (Å²) in [4.78, 5) is 40.9. The van der Waals surface area contributed by atoms with Gasteiger partial charge in [-0.1, -0.05) is 59.1 Å². The van der Waals surface area contributed by atoms with Gasteiger partial charge in [-0.25, -0.2) is 4.79 Å². The normalized spacial score (nSPS) is 16.6. The molecule has 0 fully saturated rings. The molecule has 168 valence electrons. The molecule has 3 aromatic carbocycles. The second kappa shape index (κ2) is 9.50. The molecule has 10 heteroatoms. The van der Waals surface area contributed by atoms with Crippen LogP contribution in [0.3, 0.4) is 0 Å². The van der Waals surface area contributed by atoms with Gasteiger partial charge in [0.05, 0.1) is 16.3 Å². The molecule has 0 aliphatic carbocycles. The second-order valence-electron chi connectivity index (χ2n) is 7.26. The Labute approximate surface area is 217 Å². The third kappa shape index (κ3) is 4.68. The standard InChI is InChI=1S/C23H14Cl3IN2O4/c24-13-5-1-11(2-6-13)19-21(30)28-18-10-16(26)17(27)9-15(18)22(31)29(19)20(23(32)33)12-3-7-14(25)8-4-12/h1-10,19-20H,(H,28,30)(H,32,33)/t19-,20-/m0/s1. The quantitative estimate of drug-likeness (QED) is 0.342. The van der Waals surface area contributed by atoms with Gasteiger partial charge in [0.1, 0.15) is 6.04 Å². The lowest BCUT2D eigenvalue weighted by Crippen LogP contribution is -2.44. The molecule has 2 N–H and O–H groups in total. The SMILES string of the molecule is O=C(O)[C@H](c1ccc(Cl)cc1)N1C(=O)c2cc(I)c(Cl)cc2NC(=O)[C@@H]1c1ccc(Cl)cc1. The molecule has 1 heterocycles. The maximum absolute atomic E-state index is 13.9. The van der Waals surface area contributed by atoms with E-state index in [0.29, 0.717) is 29.8 Å². The van der Waals surface area contributed by atoms with E-state index in [4.69, 9.17) is 34.8 Å². The number of amides is 2. The van der Waals surface area contributed by atoms with Gasteiger partial charge >= 0.3 is 5.97 Å². The van der Waals surface area contributed by atoms with Crippen molar-refractivity contribution in [2.45, 2.75) is 12.1 Å². The average Bonchev–Trinajstić information content (AvgIpc) is 2.86. The zero-order valence-electron chi connectivity index (χ0n) is 16.6. The lowest BCUT2D eigenvalue weighted by molar-refractivity contribution is -0.144.